The summed E-state index contributed by atoms with van der Waals surface area (Å²) in [7, 11) is -3.90. The molecule has 1 saturated carbocycles. The number of benzene rings is 1. The molecule has 2 N–H and O–H groups in total. The maximum atomic E-state index is 11.7. The molecule has 1 aliphatic carbocycles. The van der Waals surface area contributed by atoms with Gasteiger partial charge < -0.3 is 4.74 Å². The predicted molar refractivity (Wildman–Crippen MR) is 87.1 cm³/mol. The molecule has 2 unspecified atom stereocenters. The third-order valence-corrected chi connectivity index (χ3v) is 5.36. The molecule has 0 spiro atoms. The van der Waals surface area contributed by atoms with Crippen molar-refractivity contribution >= 4 is 37.6 Å². The van der Waals surface area contributed by atoms with Gasteiger partial charge in [0.05, 0.1) is 11.1 Å². The van der Waals surface area contributed by atoms with Crippen LogP contribution in [0.2, 0.25) is 5.02 Å². The lowest BCUT2D eigenvalue weighted by molar-refractivity contribution is 0.0983. The van der Waals surface area contributed by atoms with Crippen LogP contribution in [0.5, 0.6) is 5.75 Å². The standard InChI is InChI=1S/C14H19BrClNO3S/c1-8-3-9(2)5-11(4-8)20-14-12(16)6-10(15)7-13(14)21(17,18)19/h6-9,11H,3-5H2,1-2H3,(H2,17,18,19). The van der Waals surface area contributed by atoms with Crippen molar-refractivity contribution in [2.45, 2.75) is 44.1 Å². The summed E-state index contributed by atoms with van der Waals surface area (Å²) in [6, 6.07) is 3.04. The highest BCUT2D eigenvalue weighted by molar-refractivity contribution is 9.10. The Hall–Kier alpha value is -0.300. The molecular weight excluding hydrogens is 378 g/mol. The smallest absolute Gasteiger partial charge is 0.241 e. The second-order valence-electron chi connectivity index (χ2n) is 5.92. The molecule has 0 aliphatic heterocycles. The summed E-state index contributed by atoms with van der Waals surface area (Å²) in [6.07, 6.45) is 2.90. The Labute approximate surface area is 139 Å². The number of hydrogen-bond acceptors (Lipinski definition) is 3. The van der Waals surface area contributed by atoms with Crippen LogP contribution in [0.25, 0.3) is 0 Å². The minimum absolute atomic E-state index is 0.0390. The molecule has 1 aromatic carbocycles. The number of rotatable bonds is 3. The summed E-state index contributed by atoms with van der Waals surface area (Å²) < 4.78 is 30.0. The molecule has 2 atom stereocenters. The van der Waals surface area contributed by atoms with Crippen LogP contribution in [0.1, 0.15) is 33.1 Å². The Morgan fingerprint density at radius 1 is 1.24 bits per heavy atom. The second-order valence-corrected chi connectivity index (χ2v) is 8.77. The van der Waals surface area contributed by atoms with Gasteiger partial charge in [0.2, 0.25) is 10.0 Å². The number of hydrogen-bond donors (Lipinski definition) is 1. The Kier molecular flexibility index (Phi) is 5.23. The summed E-state index contributed by atoms with van der Waals surface area (Å²) >= 11 is 9.38. The van der Waals surface area contributed by atoms with Crippen LogP contribution >= 0.6 is 27.5 Å². The summed E-state index contributed by atoms with van der Waals surface area (Å²) in [5, 5.41) is 5.52. The van der Waals surface area contributed by atoms with Gasteiger partial charge in [0.15, 0.2) is 5.75 Å². The monoisotopic (exact) mass is 395 g/mol. The molecular formula is C14H19BrClNO3S. The number of ether oxygens (including phenoxy) is 1. The zero-order valence-electron chi connectivity index (χ0n) is 12.0. The topological polar surface area (TPSA) is 69.4 Å². The van der Waals surface area contributed by atoms with Gasteiger partial charge >= 0.3 is 0 Å². The number of sulfonamides is 1. The highest BCUT2D eigenvalue weighted by Gasteiger charge is 2.28. The van der Waals surface area contributed by atoms with E-state index in [1.165, 1.54) is 6.07 Å². The zero-order chi connectivity index (χ0) is 15.8. The Bertz CT molecular complexity index is 625. The third-order valence-electron chi connectivity index (χ3n) is 3.70. The Morgan fingerprint density at radius 2 is 1.81 bits per heavy atom. The van der Waals surface area contributed by atoms with Crippen LogP contribution in [0.4, 0.5) is 0 Å². The van der Waals surface area contributed by atoms with Gasteiger partial charge in [-0.15, -0.1) is 0 Å². The highest BCUT2D eigenvalue weighted by Crippen LogP contribution is 2.38. The molecule has 118 valence electrons. The molecule has 2 rings (SSSR count). The SMILES string of the molecule is CC1CC(C)CC(Oc2c(Cl)cc(Br)cc2S(N)(=O)=O)C1. The van der Waals surface area contributed by atoms with Crippen molar-refractivity contribution in [3.05, 3.63) is 21.6 Å². The van der Waals surface area contributed by atoms with Crippen molar-refractivity contribution in [2.75, 3.05) is 0 Å². The lowest BCUT2D eigenvalue weighted by Crippen LogP contribution is -2.29. The quantitative estimate of drug-likeness (QED) is 0.841. The van der Waals surface area contributed by atoms with E-state index in [2.05, 4.69) is 29.8 Å². The van der Waals surface area contributed by atoms with Crippen LogP contribution in [-0.2, 0) is 10.0 Å². The normalized spacial score (nSPS) is 26.6. The molecule has 1 aliphatic rings. The highest BCUT2D eigenvalue weighted by atomic mass is 79.9. The number of nitrogens with two attached hydrogens (primary N) is 1. The maximum Gasteiger partial charge on any atom is 0.241 e. The van der Waals surface area contributed by atoms with Crippen LogP contribution in [0.3, 0.4) is 0 Å². The lowest BCUT2D eigenvalue weighted by atomic mass is 9.82. The van der Waals surface area contributed by atoms with Crippen molar-refractivity contribution in [3.8, 4) is 5.75 Å². The molecule has 0 bridgehead atoms. The average Bonchev–Trinajstić information content (AvgIpc) is 2.29. The van der Waals surface area contributed by atoms with Gasteiger partial charge in [-0.2, -0.15) is 0 Å². The zero-order valence-corrected chi connectivity index (χ0v) is 15.1. The minimum Gasteiger partial charge on any atom is -0.487 e. The van der Waals surface area contributed by atoms with Gasteiger partial charge in [0.1, 0.15) is 4.90 Å². The van der Waals surface area contributed by atoms with E-state index in [9.17, 15) is 8.42 Å². The first-order valence-electron chi connectivity index (χ1n) is 6.85. The van der Waals surface area contributed by atoms with Crippen LogP contribution in [0, 0.1) is 11.8 Å². The first-order chi connectivity index (χ1) is 9.66. The first kappa shape index (κ1) is 17.1. The molecule has 0 heterocycles. The van der Waals surface area contributed by atoms with Crippen LogP contribution < -0.4 is 9.88 Å². The average molecular weight is 397 g/mol. The van der Waals surface area contributed by atoms with Crippen LogP contribution in [0.15, 0.2) is 21.5 Å². The molecule has 0 amide bonds. The third kappa shape index (κ3) is 4.34. The summed E-state index contributed by atoms with van der Waals surface area (Å²) in [4.78, 5) is -0.0762. The van der Waals surface area contributed by atoms with Gasteiger partial charge in [0.25, 0.3) is 0 Å². The largest absolute Gasteiger partial charge is 0.487 e. The molecule has 7 heteroatoms. The lowest BCUT2D eigenvalue weighted by Gasteiger charge is -2.32. The fourth-order valence-corrected chi connectivity index (χ4v) is 4.77. The van der Waals surface area contributed by atoms with Gasteiger partial charge in [0, 0.05) is 4.47 Å². The van der Waals surface area contributed by atoms with E-state index in [4.69, 9.17) is 21.5 Å². The first-order valence-corrected chi connectivity index (χ1v) is 9.57. The van der Waals surface area contributed by atoms with E-state index in [0.29, 0.717) is 16.3 Å². The van der Waals surface area contributed by atoms with Gasteiger partial charge in [-0.05, 0) is 43.2 Å². The molecule has 0 aromatic heterocycles. The van der Waals surface area contributed by atoms with E-state index < -0.39 is 10.0 Å². The van der Waals surface area contributed by atoms with Crippen molar-refractivity contribution in [1.29, 1.82) is 0 Å². The Balaban J connectivity index is 2.35. The molecule has 0 radical (unpaired) electrons. The van der Waals surface area contributed by atoms with E-state index in [-0.39, 0.29) is 21.8 Å². The minimum atomic E-state index is -3.90. The van der Waals surface area contributed by atoms with Crippen molar-refractivity contribution in [3.63, 3.8) is 0 Å². The Morgan fingerprint density at radius 3 is 2.33 bits per heavy atom. The fraction of sp³-hybridized carbons (Fsp3) is 0.571. The number of halogens is 2. The van der Waals surface area contributed by atoms with E-state index in [1.54, 1.807) is 6.07 Å². The van der Waals surface area contributed by atoms with E-state index >= 15 is 0 Å². The van der Waals surface area contributed by atoms with Crippen LogP contribution in [-0.4, -0.2) is 14.5 Å². The molecule has 0 saturated heterocycles. The summed E-state index contributed by atoms with van der Waals surface area (Å²) in [5.41, 5.74) is 0. The van der Waals surface area contributed by atoms with Crippen molar-refractivity contribution in [1.82, 2.24) is 0 Å². The maximum absolute atomic E-state index is 11.7. The summed E-state index contributed by atoms with van der Waals surface area (Å²) in [6.45, 7) is 4.35. The molecule has 1 aromatic rings. The fourth-order valence-electron chi connectivity index (χ4n) is 3.00. The van der Waals surface area contributed by atoms with E-state index in [0.717, 1.165) is 19.3 Å². The summed E-state index contributed by atoms with van der Waals surface area (Å²) in [5.74, 6) is 1.26. The molecule has 21 heavy (non-hydrogen) atoms. The van der Waals surface area contributed by atoms with E-state index in [1.807, 2.05) is 0 Å². The van der Waals surface area contributed by atoms with Gasteiger partial charge in [-0.1, -0.05) is 41.4 Å². The predicted octanol–water partition coefficient (Wildman–Crippen LogP) is 3.95. The molecule has 4 nitrogen and oxygen atoms in total. The second kappa shape index (κ2) is 6.44. The van der Waals surface area contributed by atoms with Crippen molar-refractivity contribution < 1.29 is 13.2 Å². The van der Waals surface area contributed by atoms with Crippen molar-refractivity contribution in [2.24, 2.45) is 17.0 Å². The number of primary sulfonamides is 1. The van der Waals surface area contributed by atoms with Gasteiger partial charge in [-0.25, -0.2) is 13.6 Å². The van der Waals surface area contributed by atoms with Gasteiger partial charge in [-0.3, -0.25) is 0 Å². The molecule has 1 fully saturated rings.